The summed E-state index contributed by atoms with van der Waals surface area (Å²) < 4.78 is 4.84. The zero-order chi connectivity index (χ0) is 15.0. The molecule has 1 aromatic carbocycles. The molecule has 0 aliphatic rings. The number of nitrogens with zero attached hydrogens (tertiary/aromatic N) is 2. The van der Waals surface area contributed by atoms with Crippen LogP contribution in [-0.4, -0.2) is 41.6 Å². The van der Waals surface area contributed by atoms with E-state index in [1.807, 2.05) is 0 Å². The predicted octanol–water partition coefficient (Wildman–Crippen LogP) is 0.745. The van der Waals surface area contributed by atoms with Gasteiger partial charge in [0.25, 0.3) is 0 Å². The summed E-state index contributed by atoms with van der Waals surface area (Å²) in [6.45, 7) is 1.05. The van der Waals surface area contributed by atoms with Gasteiger partial charge in [0, 0.05) is 25.3 Å². The van der Waals surface area contributed by atoms with E-state index in [0.29, 0.717) is 23.8 Å². The molecular weight excluding hydrogens is 284 g/mol. The van der Waals surface area contributed by atoms with E-state index in [0.717, 1.165) is 0 Å². The Bertz CT molecular complexity index is 521. The van der Waals surface area contributed by atoms with Crippen molar-refractivity contribution in [2.45, 2.75) is 0 Å². The molecule has 1 aromatic rings. The number of phenolic OH excluding ortho intramolecular Hbond substituents is 1. The number of hydrogen-bond acceptors (Lipinski definition) is 6. The first-order chi connectivity index (χ1) is 9.54. The summed E-state index contributed by atoms with van der Waals surface area (Å²) in [7, 11) is 1.58. The maximum absolute atomic E-state index is 10.6. The second-order valence-corrected chi connectivity index (χ2v) is 4.03. The molecule has 108 valence electrons. The molecule has 8 nitrogen and oxygen atoms in total. The zero-order valence-electron chi connectivity index (χ0n) is 10.7. The molecule has 0 bridgehead atoms. The van der Waals surface area contributed by atoms with E-state index in [4.69, 9.17) is 17.0 Å². The number of nitrogens with one attached hydrogen (secondary N) is 2. The highest BCUT2D eigenvalue weighted by Gasteiger charge is 2.12. The summed E-state index contributed by atoms with van der Waals surface area (Å²) in [5, 5.41) is 26.9. The topological polar surface area (TPSA) is 109 Å². The van der Waals surface area contributed by atoms with E-state index in [9.17, 15) is 15.2 Å². The SMILES string of the molecule is COCCNC(=S)N/N=C/c1ccc(O)c([N+](=O)[O-])c1. The molecule has 0 saturated heterocycles. The van der Waals surface area contributed by atoms with Crippen LogP contribution in [0.15, 0.2) is 23.3 Å². The average Bonchev–Trinajstić information content (AvgIpc) is 2.40. The van der Waals surface area contributed by atoms with Crippen LogP contribution in [0.2, 0.25) is 0 Å². The van der Waals surface area contributed by atoms with Gasteiger partial charge in [-0.25, -0.2) is 0 Å². The van der Waals surface area contributed by atoms with Gasteiger partial charge >= 0.3 is 5.69 Å². The summed E-state index contributed by atoms with van der Waals surface area (Å²) in [5.41, 5.74) is 2.64. The van der Waals surface area contributed by atoms with Crippen LogP contribution >= 0.6 is 12.2 Å². The maximum atomic E-state index is 10.6. The van der Waals surface area contributed by atoms with Gasteiger partial charge in [-0.05, 0) is 24.4 Å². The number of rotatable bonds is 6. The van der Waals surface area contributed by atoms with Crippen molar-refractivity contribution in [1.82, 2.24) is 10.7 Å². The van der Waals surface area contributed by atoms with E-state index in [-0.39, 0.29) is 5.69 Å². The fraction of sp³-hybridized carbons (Fsp3) is 0.273. The first-order valence-electron chi connectivity index (χ1n) is 5.58. The summed E-state index contributed by atoms with van der Waals surface area (Å²) >= 11 is 4.93. The highest BCUT2D eigenvalue weighted by atomic mass is 32.1. The number of ether oxygens (including phenoxy) is 1. The molecule has 20 heavy (non-hydrogen) atoms. The molecule has 0 amide bonds. The third-order valence-corrected chi connectivity index (χ3v) is 2.40. The van der Waals surface area contributed by atoms with Crippen LogP contribution in [-0.2, 0) is 4.74 Å². The molecule has 0 spiro atoms. The Morgan fingerprint density at radius 1 is 1.65 bits per heavy atom. The molecule has 0 fully saturated rings. The first kappa shape index (κ1) is 15.8. The monoisotopic (exact) mass is 298 g/mol. The van der Waals surface area contributed by atoms with Crippen LogP contribution in [0.3, 0.4) is 0 Å². The summed E-state index contributed by atoms with van der Waals surface area (Å²) in [6, 6.07) is 3.94. The van der Waals surface area contributed by atoms with E-state index >= 15 is 0 Å². The second-order valence-electron chi connectivity index (χ2n) is 3.62. The quantitative estimate of drug-likeness (QED) is 0.234. The molecular formula is C11H14N4O4S. The summed E-state index contributed by atoms with van der Waals surface area (Å²) in [5.74, 6) is -0.392. The van der Waals surface area contributed by atoms with Crippen LogP contribution < -0.4 is 10.7 Å². The van der Waals surface area contributed by atoms with Gasteiger partial charge in [0.2, 0.25) is 0 Å². The van der Waals surface area contributed by atoms with Crippen molar-refractivity contribution in [3.05, 3.63) is 33.9 Å². The highest BCUT2D eigenvalue weighted by Crippen LogP contribution is 2.25. The Balaban J connectivity index is 2.56. The lowest BCUT2D eigenvalue weighted by Crippen LogP contribution is -2.34. The lowest BCUT2D eigenvalue weighted by molar-refractivity contribution is -0.385. The lowest BCUT2D eigenvalue weighted by atomic mass is 10.2. The molecule has 0 radical (unpaired) electrons. The van der Waals surface area contributed by atoms with Crippen molar-refractivity contribution in [2.24, 2.45) is 5.10 Å². The average molecular weight is 298 g/mol. The van der Waals surface area contributed by atoms with Crippen LogP contribution in [0, 0.1) is 10.1 Å². The van der Waals surface area contributed by atoms with Crippen LogP contribution in [0.25, 0.3) is 0 Å². The highest BCUT2D eigenvalue weighted by molar-refractivity contribution is 7.80. The minimum absolute atomic E-state index is 0.312. The van der Waals surface area contributed by atoms with Gasteiger partial charge in [0.15, 0.2) is 10.9 Å². The smallest absolute Gasteiger partial charge is 0.311 e. The van der Waals surface area contributed by atoms with Gasteiger partial charge in [-0.15, -0.1) is 0 Å². The zero-order valence-corrected chi connectivity index (χ0v) is 11.5. The molecule has 1 rings (SSSR count). The van der Waals surface area contributed by atoms with Gasteiger partial charge in [-0.2, -0.15) is 5.10 Å². The molecule has 0 aliphatic carbocycles. The van der Waals surface area contributed by atoms with E-state index in [1.54, 1.807) is 7.11 Å². The molecule has 0 atom stereocenters. The molecule has 0 aromatic heterocycles. The Morgan fingerprint density at radius 3 is 3.05 bits per heavy atom. The number of hydrogen-bond donors (Lipinski definition) is 3. The van der Waals surface area contributed by atoms with E-state index < -0.39 is 10.7 Å². The van der Waals surface area contributed by atoms with E-state index in [1.165, 1.54) is 24.4 Å². The Labute approximate surface area is 120 Å². The number of methoxy groups -OCH3 is 1. The molecule has 3 N–H and O–H groups in total. The van der Waals surface area contributed by atoms with Crippen molar-refractivity contribution in [2.75, 3.05) is 20.3 Å². The third kappa shape index (κ3) is 5.16. The molecule has 0 aliphatic heterocycles. The second kappa shape index (κ2) is 8.02. The number of nitro benzene ring substituents is 1. The van der Waals surface area contributed by atoms with Gasteiger partial charge in [0.1, 0.15) is 0 Å². The van der Waals surface area contributed by atoms with Crippen LogP contribution in [0.1, 0.15) is 5.56 Å². The standard InChI is InChI=1S/C11H14N4O4S/c1-19-5-4-12-11(20)14-13-7-8-2-3-10(16)9(6-8)15(17)18/h2-3,6-7,16H,4-5H2,1H3,(H2,12,14,20)/b13-7+. The van der Waals surface area contributed by atoms with E-state index in [2.05, 4.69) is 15.8 Å². The van der Waals surface area contributed by atoms with Crippen molar-refractivity contribution in [1.29, 1.82) is 0 Å². The Kier molecular flexibility index (Phi) is 6.33. The molecule has 9 heteroatoms. The van der Waals surface area contributed by atoms with Crippen molar-refractivity contribution in [3.63, 3.8) is 0 Å². The third-order valence-electron chi connectivity index (χ3n) is 2.17. The minimum Gasteiger partial charge on any atom is -0.502 e. The minimum atomic E-state index is -0.670. The first-order valence-corrected chi connectivity index (χ1v) is 5.98. The number of nitro groups is 1. The number of thiocarbonyl (C=S) groups is 1. The maximum Gasteiger partial charge on any atom is 0.311 e. The predicted molar refractivity (Wildman–Crippen MR) is 78.0 cm³/mol. The van der Waals surface area contributed by atoms with Crippen LogP contribution in [0.5, 0.6) is 5.75 Å². The van der Waals surface area contributed by atoms with Crippen molar-refractivity contribution < 1.29 is 14.8 Å². The number of hydrazone groups is 1. The van der Waals surface area contributed by atoms with Gasteiger partial charge < -0.3 is 15.2 Å². The lowest BCUT2D eigenvalue weighted by Gasteiger charge is -2.05. The Hall–Kier alpha value is -2.26. The fourth-order valence-electron chi connectivity index (χ4n) is 1.24. The molecule has 0 unspecified atom stereocenters. The molecule has 0 saturated carbocycles. The normalized spacial score (nSPS) is 10.4. The fourth-order valence-corrected chi connectivity index (χ4v) is 1.39. The summed E-state index contributed by atoms with van der Waals surface area (Å²) in [4.78, 5) is 9.98. The van der Waals surface area contributed by atoms with Crippen molar-refractivity contribution in [3.8, 4) is 5.75 Å². The van der Waals surface area contributed by atoms with Crippen molar-refractivity contribution >= 4 is 29.2 Å². The van der Waals surface area contributed by atoms with Gasteiger partial charge in [-0.3, -0.25) is 15.5 Å². The number of benzene rings is 1. The Morgan fingerprint density at radius 2 is 2.40 bits per heavy atom. The molecule has 0 heterocycles. The summed E-state index contributed by atoms with van der Waals surface area (Å²) in [6.07, 6.45) is 1.36. The van der Waals surface area contributed by atoms with Gasteiger partial charge in [-0.1, -0.05) is 0 Å². The van der Waals surface area contributed by atoms with Crippen LogP contribution in [0.4, 0.5) is 5.69 Å². The number of phenols is 1. The van der Waals surface area contributed by atoms with Gasteiger partial charge in [0.05, 0.1) is 17.7 Å². The largest absolute Gasteiger partial charge is 0.502 e. The number of aromatic hydroxyl groups is 1.